The van der Waals surface area contributed by atoms with Gasteiger partial charge in [-0.3, -0.25) is 14.4 Å². The minimum atomic E-state index is -0.642. The van der Waals surface area contributed by atoms with E-state index in [9.17, 15) is 14.4 Å². The standard InChI is InChI=1S/C13H19N3O3/c1-8(2)6-10(13(19)14-3)16-12(18)9-7-15-5-4-11(9)17/h4-5,7-8,10H,6H2,1-3H3,(H,14,19)(H,15,17)(H,16,18). The zero-order chi connectivity index (χ0) is 14.4. The molecule has 0 spiro atoms. The molecule has 0 saturated carbocycles. The van der Waals surface area contributed by atoms with Crippen molar-refractivity contribution in [1.82, 2.24) is 15.6 Å². The fourth-order valence-electron chi connectivity index (χ4n) is 1.71. The Morgan fingerprint density at radius 3 is 2.58 bits per heavy atom. The summed E-state index contributed by atoms with van der Waals surface area (Å²) in [6, 6.07) is 0.629. The quantitative estimate of drug-likeness (QED) is 0.713. The average molecular weight is 265 g/mol. The van der Waals surface area contributed by atoms with E-state index in [4.69, 9.17) is 0 Å². The second-order valence-corrected chi connectivity index (χ2v) is 4.69. The first-order valence-electron chi connectivity index (χ1n) is 6.15. The Balaban J connectivity index is 2.85. The average Bonchev–Trinajstić information content (AvgIpc) is 2.36. The van der Waals surface area contributed by atoms with Crippen molar-refractivity contribution in [2.24, 2.45) is 5.92 Å². The highest BCUT2D eigenvalue weighted by Crippen LogP contribution is 2.05. The number of carbonyl (C=O) groups is 2. The first-order chi connectivity index (χ1) is 8.95. The third kappa shape index (κ3) is 4.24. The molecule has 0 aliphatic heterocycles. The number of nitrogens with one attached hydrogen (secondary N) is 3. The van der Waals surface area contributed by atoms with Crippen LogP contribution in [0.3, 0.4) is 0 Å². The molecule has 1 aromatic heterocycles. The number of H-pyrrole nitrogens is 1. The third-order valence-electron chi connectivity index (χ3n) is 2.64. The van der Waals surface area contributed by atoms with Crippen LogP contribution in [0.25, 0.3) is 0 Å². The van der Waals surface area contributed by atoms with Crippen molar-refractivity contribution in [3.05, 3.63) is 34.2 Å². The lowest BCUT2D eigenvalue weighted by molar-refractivity contribution is -0.122. The zero-order valence-electron chi connectivity index (χ0n) is 11.3. The largest absolute Gasteiger partial charge is 0.367 e. The van der Waals surface area contributed by atoms with Crippen LogP contribution in [0.5, 0.6) is 0 Å². The van der Waals surface area contributed by atoms with Gasteiger partial charge in [0.25, 0.3) is 5.91 Å². The van der Waals surface area contributed by atoms with Crippen molar-refractivity contribution < 1.29 is 9.59 Å². The molecule has 1 heterocycles. The number of pyridine rings is 1. The smallest absolute Gasteiger partial charge is 0.257 e. The highest BCUT2D eigenvalue weighted by atomic mass is 16.2. The molecule has 1 unspecified atom stereocenters. The predicted octanol–water partition coefficient (Wildman–Crippen LogP) is 0.265. The van der Waals surface area contributed by atoms with Gasteiger partial charge >= 0.3 is 0 Å². The number of aromatic amines is 1. The molecule has 0 fully saturated rings. The van der Waals surface area contributed by atoms with E-state index in [0.717, 1.165) is 0 Å². The summed E-state index contributed by atoms with van der Waals surface area (Å²) in [4.78, 5) is 37.9. The lowest BCUT2D eigenvalue weighted by Crippen LogP contribution is -2.47. The second kappa shape index (κ2) is 6.72. The Bertz CT molecular complexity index is 508. The summed E-state index contributed by atoms with van der Waals surface area (Å²) < 4.78 is 0. The monoisotopic (exact) mass is 265 g/mol. The Kier molecular flexibility index (Phi) is 5.29. The Hall–Kier alpha value is -2.11. The van der Waals surface area contributed by atoms with Crippen LogP contribution >= 0.6 is 0 Å². The number of carbonyl (C=O) groups excluding carboxylic acids is 2. The molecule has 3 N–H and O–H groups in total. The summed E-state index contributed by atoms with van der Waals surface area (Å²) in [6.07, 6.45) is 3.29. The van der Waals surface area contributed by atoms with Gasteiger partial charge in [-0.15, -0.1) is 0 Å². The van der Waals surface area contributed by atoms with Crippen molar-refractivity contribution in [2.75, 3.05) is 7.05 Å². The molecule has 1 atom stereocenters. The van der Waals surface area contributed by atoms with Gasteiger partial charge in [0.1, 0.15) is 11.6 Å². The molecule has 0 aliphatic carbocycles. The van der Waals surface area contributed by atoms with Crippen LogP contribution in [0.1, 0.15) is 30.6 Å². The van der Waals surface area contributed by atoms with Crippen molar-refractivity contribution >= 4 is 11.8 Å². The number of hydrogen-bond donors (Lipinski definition) is 3. The van der Waals surface area contributed by atoms with Crippen molar-refractivity contribution in [3.8, 4) is 0 Å². The molecule has 6 heteroatoms. The zero-order valence-corrected chi connectivity index (χ0v) is 11.3. The molecular weight excluding hydrogens is 246 g/mol. The fraction of sp³-hybridized carbons (Fsp3) is 0.462. The van der Waals surface area contributed by atoms with E-state index in [-0.39, 0.29) is 22.8 Å². The van der Waals surface area contributed by atoms with E-state index in [1.165, 1.54) is 25.5 Å². The number of rotatable bonds is 5. The lowest BCUT2D eigenvalue weighted by atomic mass is 10.0. The van der Waals surface area contributed by atoms with Gasteiger partial charge in [0, 0.05) is 25.5 Å². The summed E-state index contributed by atoms with van der Waals surface area (Å²) in [6.45, 7) is 3.91. The predicted molar refractivity (Wildman–Crippen MR) is 71.8 cm³/mol. The summed E-state index contributed by atoms with van der Waals surface area (Å²) in [5, 5.41) is 5.09. The van der Waals surface area contributed by atoms with Gasteiger partial charge in [-0.2, -0.15) is 0 Å². The van der Waals surface area contributed by atoms with Gasteiger partial charge in [-0.25, -0.2) is 0 Å². The number of amides is 2. The maximum atomic E-state index is 12.0. The summed E-state index contributed by atoms with van der Waals surface area (Å²) in [5.74, 6) is -0.567. The highest BCUT2D eigenvalue weighted by Gasteiger charge is 2.22. The van der Waals surface area contributed by atoms with E-state index >= 15 is 0 Å². The third-order valence-corrected chi connectivity index (χ3v) is 2.64. The molecule has 0 aliphatic rings. The highest BCUT2D eigenvalue weighted by molar-refractivity contribution is 5.97. The summed E-state index contributed by atoms with van der Waals surface area (Å²) in [7, 11) is 1.51. The number of aromatic nitrogens is 1. The molecule has 0 bridgehead atoms. The van der Waals surface area contributed by atoms with Gasteiger partial charge in [-0.1, -0.05) is 13.8 Å². The summed E-state index contributed by atoms with van der Waals surface area (Å²) >= 11 is 0. The Morgan fingerprint density at radius 1 is 1.37 bits per heavy atom. The topological polar surface area (TPSA) is 91.1 Å². The van der Waals surface area contributed by atoms with Crippen LogP contribution in [-0.2, 0) is 4.79 Å². The van der Waals surface area contributed by atoms with Gasteiger partial charge in [-0.05, 0) is 12.3 Å². The maximum absolute atomic E-state index is 12.0. The molecule has 0 aromatic carbocycles. The van der Waals surface area contributed by atoms with E-state index in [0.29, 0.717) is 6.42 Å². The second-order valence-electron chi connectivity index (χ2n) is 4.69. The Morgan fingerprint density at radius 2 is 2.05 bits per heavy atom. The number of hydrogen-bond acceptors (Lipinski definition) is 3. The molecule has 19 heavy (non-hydrogen) atoms. The molecule has 0 saturated heterocycles. The van der Waals surface area contributed by atoms with E-state index < -0.39 is 11.9 Å². The van der Waals surface area contributed by atoms with E-state index in [2.05, 4.69) is 15.6 Å². The van der Waals surface area contributed by atoms with Crippen LogP contribution in [0.4, 0.5) is 0 Å². The van der Waals surface area contributed by atoms with Crippen molar-refractivity contribution in [1.29, 1.82) is 0 Å². The molecular formula is C13H19N3O3. The fourth-order valence-corrected chi connectivity index (χ4v) is 1.71. The molecule has 1 rings (SSSR count). The molecule has 6 nitrogen and oxygen atoms in total. The van der Waals surface area contributed by atoms with Crippen LogP contribution < -0.4 is 16.1 Å². The lowest BCUT2D eigenvalue weighted by Gasteiger charge is -2.18. The first-order valence-corrected chi connectivity index (χ1v) is 6.15. The van der Waals surface area contributed by atoms with Gasteiger partial charge in [0.05, 0.1) is 0 Å². The normalized spacial score (nSPS) is 12.0. The minimum Gasteiger partial charge on any atom is -0.367 e. The van der Waals surface area contributed by atoms with Crippen LogP contribution in [-0.4, -0.2) is 29.9 Å². The van der Waals surface area contributed by atoms with Gasteiger partial charge in [0.15, 0.2) is 5.43 Å². The minimum absolute atomic E-state index is 0.000147. The van der Waals surface area contributed by atoms with Gasteiger partial charge in [0.2, 0.25) is 5.91 Å². The first kappa shape index (κ1) is 14.9. The molecule has 1 aromatic rings. The van der Waals surface area contributed by atoms with Crippen LogP contribution in [0.15, 0.2) is 23.3 Å². The van der Waals surface area contributed by atoms with E-state index in [1.54, 1.807) is 0 Å². The SMILES string of the molecule is CNC(=O)C(CC(C)C)NC(=O)c1c[nH]ccc1=O. The van der Waals surface area contributed by atoms with Crippen molar-refractivity contribution in [3.63, 3.8) is 0 Å². The molecule has 0 radical (unpaired) electrons. The summed E-state index contributed by atoms with van der Waals surface area (Å²) in [5.41, 5.74) is -0.378. The van der Waals surface area contributed by atoms with Gasteiger partial charge < -0.3 is 15.6 Å². The maximum Gasteiger partial charge on any atom is 0.257 e. The van der Waals surface area contributed by atoms with Crippen LogP contribution in [0.2, 0.25) is 0 Å². The van der Waals surface area contributed by atoms with Crippen LogP contribution in [0, 0.1) is 5.92 Å². The molecule has 104 valence electrons. The van der Waals surface area contributed by atoms with E-state index in [1.807, 2.05) is 13.8 Å². The number of likely N-dealkylation sites (N-methyl/N-ethyl adjacent to an activating group) is 1. The molecule has 2 amide bonds. The Labute approximate surface area is 111 Å². The van der Waals surface area contributed by atoms with Crippen molar-refractivity contribution in [2.45, 2.75) is 26.3 Å².